The Morgan fingerprint density at radius 3 is 2.75 bits per heavy atom. The minimum Gasteiger partial charge on any atom is -0.368 e. The smallest absolute Gasteiger partial charge is 0.152 e. The lowest BCUT2D eigenvalue weighted by atomic mass is 9.92. The van der Waals surface area contributed by atoms with Gasteiger partial charge in [-0.2, -0.15) is 5.10 Å². The molecule has 0 aliphatic carbocycles. The summed E-state index contributed by atoms with van der Waals surface area (Å²) >= 11 is 0. The van der Waals surface area contributed by atoms with Gasteiger partial charge in [0.05, 0.1) is 5.69 Å². The summed E-state index contributed by atoms with van der Waals surface area (Å²) in [5.74, 6) is 0.906. The van der Waals surface area contributed by atoms with Crippen LogP contribution in [0.5, 0.6) is 0 Å². The fraction of sp³-hybridized carbons (Fsp3) is 0.600. The molecule has 0 atom stereocenters. The molecule has 0 saturated heterocycles. The summed E-state index contributed by atoms with van der Waals surface area (Å²) in [4.78, 5) is 4.42. The monoisotopic (exact) mass is 275 g/mol. The molecule has 0 spiro atoms. The second-order valence-electron chi connectivity index (χ2n) is 6.16. The van der Waals surface area contributed by atoms with E-state index in [2.05, 4.69) is 42.2 Å². The standard InChI is InChI=1S/C15H25N5/c1-15(2,3)13-11-12-14(17-8-6-4-5-7-16)18-9-10-20(12)19-13/h9-11H,4-8,16H2,1-3H3,(H,17,18). The second-order valence-corrected chi connectivity index (χ2v) is 6.16. The first-order chi connectivity index (χ1) is 9.52. The van der Waals surface area contributed by atoms with Crippen molar-refractivity contribution in [3.63, 3.8) is 0 Å². The van der Waals surface area contributed by atoms with Gasteiger partial charge in [-0.3, -0.25) is 0 Å². The molecule has 5 nitrogen and oxygen atoms in total. The fourth-order valence-electron chi connectivity index (χ4n) is 2.08. The Kier molecular flexibility index (Phi) is 4.60. The maximum Gasteiger partial charge on any atom is 0.152 e. The van der Waals surface area contributed by atoms with E-state index in [1.807, 2.05) is 10.7 Å². The van der Waals surface area contributed by atoms with E-state index in [0.29, 0.717) is 0 Å². The SMILES string of the molecule is CC(C)(C)c1cc2c(NCCCCCN)nccn2n1. The molecule has 2 aromatic rings. The Balaban J connectivity index is 2.11. The lowest BCUT2D eigenvalue weighted by molar-refractivity contribution is 0.562. The van der Waals surface area contributed by atoms with Crippen LogP contribution < -0.4 is 11.1 Å². The molecular formula is C15H25N5. The van der Waals surface area contributed by atoms with Crippen LogP contribution in [-0.2, 0) is 5.41 Å². The Labute approximate surface area is 120 Å². The maximum absolute atomic E-state index is 5.50. The zero-order valence-electron chi connectivity index (χ0n) is 12.7. The molecule has 5 heteroatoms. The molecule has 0 aliphatic rings. The number of unbranched alkanes of at least 4 members (excludes halogenated alkanes) is 2. The van der Waals surface area contributed by atoms with Gasteiger partial charge in [-0.05, 0) is 25.5 Å². The molecule has 2 rings (SSSR count). The number of nitrogens with one attached hydrogen (secondary N) is 1. The molecule has 0 aliphatic heterocycles. The fourth-order valence-corrected chi connectivity index (χ4v) is 2.08. The number of anilines is 1. The van der Waals surface area contributed by atoms with Crippen LogP contribution in [0.4, 0.5) is 5.82 Å². The van der Waals surface area contributed by atoms with Crippen molar-refractivity contribution in [2.75, 3.05) is 18.4 Å². The topological polar surface area (TPSA) is 68.2 Å². The van der Waals surface area contributed by atoms with Gasteiger partial charge in [0.2, 0.25) is 0 Å². The molecule has 20 heavy (non-hydrogen) atoms. The predicted molar refractivity (Wildman–Crippen MR) is 83.1 cm³/mol. The Morgan fingerprint density at radius 1 is 1.25 bits per heavy atom. The third-order valence-electron chi connectivity index (χ3n) is 3.33. The average Bonchev–Trinajstić information content (AvgIpc) is 2.83. The Hall–Kier alpha value is -1.62. The van der Waals surface area contributed by atoms with Crippen LogP contribution in [0.1, 0.15) is 45.7 Å². The van der Waals surface area contributed by atoms with Crippen molar-refractivity contribution >= 4 is 11.3 Å². The van der Waals surface area contributed by atoms with Gasteiger partial charge in [0.1, 0.15) is 5.52 Å². The number of rotatable bonds is 6. The van der Waals surface area contributed by atoms with Crippen molar-refractivity contribution in [3.8, 4) is 0 Å². The van der Waals surface area contributed by atoms with Gasteiger partial charge in [0.15, 0.2) is 5.82 Å². The molecule has 0 aromatic carbocycles. The van der Waals surface area contributed by atoms with E-state index >= 15 is 0 Å². The summed E-state index contributed by atoms with van der Waals surface area (Å²) in [6.07, 6.45) is 7.03. The summed E-state index contributed by atoms with van der Waals surface area (Å²) < 4.78 is 1.90. The Bertz CT molecular complexity index is 553. The molecule has 0 saturated carbocycles. The van der Waals surface area contributed by atoms with E-state index in [1.165, 1.54) is 0 Å². The van der Waals surface area contributed by atoms with E-state index in [0.717, 1.165) is 49.4 Å². The first kappa shape index (κ1) is 14.8. The molecule has 110 valence electrons. The first-order valence-corrected chi connectivity index (χ1v) is 7.31. The third kappa shape index (κ3) is 3.48. The molecule has 2 aromatic heterocycles. The molecule has 0 radical (unpaired) electrons. The van der Waals surface area contributed by atoms with Crippen LogP contribution >= 0.6 is 0 Å². The van der Waals surface area contributed by atoms with Crippen LogP contribution in [0.15, 0.2) is 18.5 Å². The molecule has 0 fully saturated rings. The van der Waals surface area contributed by atoms with Crippen molar-refractivity contribution in [2.24, 2.45) is 5.73 Å². The highest BCUT2D eigenvalue weighted by molar-refractivity contribution is 5.68. The van der Waals surface area contributed by atoms with Crippen LogP contribution in [-0.4, -0.2) is 27.7 Å². The zero-order chi connectivity index (χ0) is 14.6. The molecule has 0 unspecified atom stereocenters. The summed E-state index contributed by atoms with van der Waals surface area (Å²) in [7, 11) is 0. The average molecular weight is 275 g/mol. The van der Waals surface area contributed by atoms with E-state index in [1.54, 1.807) is 6.20 Å². The predicted octanol–water partition coefficient (Wildman–Crippen LogP) is 2.57. The largest absolute Gasteiger partial charge is 0.368 e. The van der Waals surface area contributed by atoms with E-state index < -0.39 is 0 Å². The van der Waals surface area contributed by atoms with Crippen molar-refractivity contribution in [1.82, 2.24) is 14.6 Å². The number of fused-ring (bicyclic) bond motifs is 1. The van der Waals surface area contributed by atoms with Crippen LogP contribution in [0.2, 0.25) is 0 Å². The normalized spacial score (nSPS) is 12.0. The molecular weight excluding hydrogens is 250 g/mol. The van der Waals surface area contributed by atoms with Gasteiger partial charge < -0.3 is 11.1 Å². The van der Waals surface area contributed by atoms with E-state index in [9.17, 15) is 0 Å². The number of aromatic nitrogens is 3. The maximum atomic E-state index is 5.50. The van der Waals surface area contributed by atoms with Gasteiger partial charge >= 0.3 is 0 Å². The van der Waals surface area contributed by atoms with Gasteiger partial charge in [-0.1, -0.05) is 27.2 Å². The minimum atomic E-state index is 0.0460. The lowest BCUT2D eigenvalue weighted by Gasteiger charge is -2.13. The quantitative estimate of drug-likeness (QED) is 0.795. The first-order valence-electron chi connectivity index (χ1n) is 7.31. The number of hydrogen-bond donors (Lipinski definition) is 2. The molecule has 3 N–H and O–H groups in total. The van der Waals surface area contributed by atoms with Crippen molar-refractivity contribution in [3.05, 3.63) is 24.2 Å². The molecule has 0 amide bonds. The van der Waals surface area contributed by atoms with E-state index in [-0.39, 0.29) is 5.41 Å². The van der Waals surface area contributed by atoms with Gasteiger partial charge in [-0.25, -0.2) is 9.50 Å². The summed E-state index contributed by atoms with van der Waals surface area (Å²) in [5.41, 5.74) is 7.66. The van der Waals surface area contributed by atoms with Gasteiger partial charge in [-0.15, -0.1) is 0 Å². The number of hydrogen-bond acceptors (Lipinski definition) is 4. The second kappa shape index (κ2) is 6.22. The highest BCUT2D eigenvalue weighted by atomic mass is 15.2. The number of nitrogens with two attached hydrogens (primary N) is 1. The van der Waals surface area contributed by atoms with Crippen LogP contribution in [0.25, 0.3) is 5.52 Å². The minimum absolute atomic E-state index is 0.0460. The number of nitrogens with zero attached hydrogens (tertiary/aromatic N) is 3. The van der Waals surface area contributed by atoms with Crippen molar-refractivity contribution in [2.45, 2.75) is 45.4 Å². The van der Waals surface area contributed by atoms with Crippen molar-refractivity contribution < 1.29 is 0 Å². The van der Waals surface area contributed by atoms with Crippen LogP contribution in [0, 0.1) is 0 Å². The zero-order valence-corrected chi connectivity index (χ0v) is 12.7. The van der Waals surface area contributed by atoms with Gasteiger partial charge in [0.25, 0.3) is 0 Å². The third-order valence-corrected chi connectivity index (χ3v) is 3.33. The lowest BCUT2D eigenvalue weighted by Crippen LogP contribution is -2.11. The highest BCUT2D eigenvalue weighted by Crippen LogP contribution is 2.24. The summed E-state index contributed by atoms with van der Waals surface area (Å²) in [5, 5.41) is 8.02. The summed E-state index contributed by atoms with van der Waals surface area (Å²) in [6, 6.07) is 2.12. The van der Waals surface area contributed by atoms with Gasteiger partial charge in [0, 0.05) is 24.4 Å². The Morgan fingerprint density at radius 2 is 2.05 bits per heavy atom. The molecule has 2 heterocycles. The molecule has 0 bridgehead atoms. The highest BCUT2D eigenvalue weighted by Gasteiger charge is 2.18. The van der Waals surface area contributed by atoms with Crippen molar-refractivity contribution in [1.29, 1.82) is 0 Å². The summed E-state index contributed by atoms with van der Waals surface area (Å²) in [6.45, 7) is 8.19. The van der Waals surface area contributed by atoms with Crippen LogP contribution in [0.3, 0.4) is 0 Å². The van der Waals surface area contributed by atoms with E-state index in [4.69, 9.17) is 5.73 Å².